The zero-order chi connectivity index (χ0) is 15.1. The molecule has 0 bridgehead atoms. The fraction of sp³-hybridized carbons (Fsp3) is 0.294. The van der Waals surface area contributed by atoms with Gasteiger partial charge in [0, 0.05) is 12.7 Å². The normalized spacial score (nSPS) is 10.2. The molecule has 0 aliphatic rings. The molecule has 21 heavy (non-hydrogen) atoms. The molecule has 0 aliphatic heterocycles. The van der Waals surface area contributed by atoms with E-state index in [1.165, 1.54) is 16.7 Å². The molecule has 1 aromatic carbocycles. The molecular formula is C17H21N3O. The number of rotatable bonds is 5. The molecule has 2 amide bonds. The minimum atomic E-state index is -0.162. The molecule has 1 aromatic heterocycles. The fourth-order valence-electron chi connectivity index (χ4n) is 2.17. The van der Waals surface area contributed by atoms with Crippen LogP contribution in [-0.4, -0.2) is 17.6 Å². The first-order valence-corrected chi connectivity index (χ1v) is 7.13. The molecule has 110 valence electrons. The number of urea groups is 1. The summed E-state index contributed by atoms with van der Waals surface area (Å²) in [6.45, 7) is 5.25. The van der Waals surface area contributed by atoms with Gasteiger partial charge in [-0.3, -0.25) is 4.98 Å². The van der Waals surface area contributed by atoms with Crippen LogP contribution in [0.3, 0.4) is 0 Å². The van der Waals surface area contributed by atoms with Crippen molar-refractivity contribution in [3.63, 3.8) is 0 Å². The first kappa shape index (κ1) is 15.0. The number of hydrogen-bond acceptors (Lipinski definition) is 2. The van der Waals surface area contributed by atoms with Crippen LogP contribution in [0.1, 0.15) is 22.4 Å². The topological polar surface area (TPSA) is 54.0 Å². The van der Waals surface area contributed by atoms with E-state index in [1.54, 1.807) is 6.20 Å². The molecule has 4 nitrogen and oxygen atoms in total. The number of amides is 2. The highest BCUT2D eigenvalue weighted by atomic mass is 16.2. The number of carbonyl (C=O) groups excluding carboxylic acids is 1. The Balaban J connectivity index is 1.72. The predicted octanol–water partition coefficient (Wildman–Crippen LogP) is 2.74. The van der Waals surface area contributed by atoms with Crippen molar-refractivity contribution < 1.29 is 4.79 Å². The largest absolute Gasteiger partial charge is 0.338 e. The van der Waals surface area contributed by atoms with Gasteiger partial charge in [-0.2, -0.15) is 0 Å². The van der Waals surface area contributed by atoms with Gasteiger partial charge in [0.25, 0.3) is 0 Å². The van der Waals surface area contributed by atoms with Crippen LogP contribution >= 0.6 is 0 Å². The van der Waals surface area contributed by atoms with E-state index in [9.17, 15) is 4.79 Å². The maximum Gasteiger partial charge on any atom is 0.315 e. The second kappa shape index (κ2) is 7.43. The Bertz CT molecular complexity index is 596. The summed E-state index contributed by atoms with van der Waals surface area (Å²) in [5, 5.41) is 5.66. The monoisotopic (exact) mass is 283 g/mol. The van der Waals surface area contributed by atoms with Gasteiger partial charge in [-0.15, -0.1) is 0 Å². The Morgan fingerprint density at radius 2 is 2.00 bits per heavy atom. The molecule has 0 spiro atoms. The third kappa shape index (κ3) is 4.91. The molecule has 0 aliphatic carbocycles. The molecule has 4 heteroatoms. The van der Waals surface area contributed by atoms with Crippen LogP contribution in [-0.2, 0) is 13.0 Å². The van der Waals surface area contributed by atoms with Crippen LogP contribution in [0.15, 0.2) is 42.6 Å². The summed E-state index contributed by atoms with van der Waals surface area (Å²) in [6, 6.07) is 11.9. The van der Waals surface area contributed by atoms with Crippen LogP contribution in [0.5, 0.6) is 0 Å². The number of carbonyl (C=O) groups is 1. The zero-order valence-corrected chi connectivity index (χ0v) is 12.5. The van der Waals surface area contributed by atoms with E-state index in [2.05, 4.69) is 47.7 Å². The summed E-state index contributed by atoms with van der Waals surface area (Å²) in [7, 11) is 0. The molecule has 1 heterocycles. The second-order valence-corrected chi connectivity index (χ2v) is 5.11. The predicted molar refractivity (Wildman–Crippen MR) is 84.1 cm³/mol. The number of nitrogens with zero attached hydrogens (tertiary/aromatic N) is 1. The number of nitrogens with one attached hydrogen (secondary N) is 2. The number of aryl methyl sites for hydroxylation is 2. The fourth-order valence-corrected chi connectivity index (χ4v) is 2.17. The van der Waals surface area contributed by atoms with Gasteiger partial charge in [0.15, 0.2) is 0 Å². The van der Waals surface area contributed by atoms with E-state index in [1.807, 2.05) is 18.2 Å². The van der Waals surface area contributed by atoms with Crippen LogP contribution < -0.4 is 10.6 Å². The Hall–Kier alpha value is -2.36. The second-order valence-electron chi connectivity index (χ2n) is 5.11. The number of hydrogen-bond donors (Lipinski definition) is 2. The first-order chi connectivity index (χ1) is 10.1. The maximum absolute atomic E-state index is 11.7. The molecule has 0 unspecified atom stereocenters. The lowest BCUT2D eigenvalue weighted by Gasteiger charge is -2.09. The number of pyridine rings is 1. The number of benzene rings is 1. The number of aromatic nitrogens is 1. The van der Waals surface area contributed by atoms with E-state index < -0.39 is 0 Å². The van der Waals surface area contributed by atoms with E-state index in [0.717, 1.165) is 12.1 Å². The lowest BCUT2D eigenvalue weighted by Crippen LogP contribution is -2.36. The third-order valence-electron chi connectivity index (χ3n) is 3.33. The van der Waals surface area contributed by atoms with Crippen LogP contribution in [0.25, 0.3) is 0 Å². The van der Waals surface area contributed by atoms with E-state index in [0.29, 0.717) is 13.1 Å². The zero-order valence-electron chi connectivity index (χ0n) is 12.5. The molecule has 2 N–H and O–H groups in total. The summed E-state index contributed by atoms with van der Waals surface area (Å²) >= 11 is 0. The lowest BCUT2D eigenvalue weighted by molar-refractivity contribution is 0.240. The lowest BCUT2D eigenvalue weighted by atomic mass is 10.0. The minimum Gasteiger partial charge on any atom is -0.338 e. The summed E-state index contributed by atoms with van der Waals surface area (Å²) in [5.74, 6) is 0. The molecule has 0 fully saturated rings. The highest BCUT2D eigenvalue weighted by Gasteiger charge is 2.02. The molecule has 0 radical (unpaired) electrons. The Kier molecular flexibility index (Phi) is 5.32. The maximum atomic E-state index is 11.7. The van der Waals surface area contributed by atoms with Gasteiger partial charge in [0.05, 0.1) is 12.2 Å². The summed E-state index contributed by atoms with van der Waals surface area (Å²) in [5.41, 5.74) is 4.65. The quantitative estimate of drug-likeness (QED) is 0.886. The van der Waals surface area contributed by atoms with Crippen molar-refractivity contribution in [1.82, 2.24) is 15.6 Å². The summed E-state index contributed by atoms with van der Waals surface area (Å²) in [6.07, 6.45) is 2.55. The molecule has 0 atom stereocenters. The van der Waals surface area contributed by atoms with Crippen LogP contribution in [0.2, 0.25) is 0 Å². The van der Waals surface area contributed by atoms with E-state index >= 15 is 0 Å². The molecule has 0 saturated carbocycles. The molecule has 0 saturated heterocycles. The first-order valence-electron chi connectivity index (χ1n) is 7.13. The highest BCUT2D eigenvalue weighted by molar-refractivity contribution is 5.73. The van der Waals surface area contributed by atoms with Crippen molar-refractivity contribution in [3.8, 4) is 0 Å². The van der Waals surface area contributed by atoms with Gasteiger partial charge in [-0.25, -0.2) is 4.79 Å². The van der Waals surface area contributed by atoms with Crippen molar-refractivity contribution in [3.05, 3.63) is 65.0 Å². The van der Waals surface area contributed by atoms with Crippen molar-refractivity contribution >= 4 is 6.03 Å². The Morgan fingerprint density at radius 3 is 2.71 bits per heavy atom. The SMILES string of the molecule is Cc1ccc(CCNC(=O)NCc2ccccn2)c(C)c1. The van der Waals surface area contributed by atoms with Gasteiger partial charge in [0.1, 0.15) is 0 Å². The van der Waals surface area contributed by atoms with Gasteiger partial charge >= 0.3 is 6.03 Å². The van der Waals surface area contributed by atoms with Gasteiger partial charge in [-0.1, -0.05) is 29.8 Å². The summed E-state index contributed by atoms with van der Waals surface area (Å²) < 4.78 is 0. The molecule has 2 aromatic rings. The van der Waals surface area contributed by atoms with Crippen molar-refractivity contribution in [2.45, 2.75) is 26.8 Å². The standard InChI is InChI=1S/C17H21N3O/c1-13-6-7-15(14(2)11-13)8-10-19-17(21)20-12-16-5-3-4-9-18-16/h3-7,9,11H,8,10,12H2,1-2H3,(H2,19,20,21). The highest BCUT2D eigenvalue weighted by Crippen LogP contribution is 2.10. The van der Waals surface area contributed by atoms with Crippen LogP contribution in [0.4, 0.5) is 4.79 Å². The smallest absolute Gasteiger partial charge is 0.315 e. The summed E-state index contributed by atoms with van der Waals surface area (Å²) in [4.78, 5) is 15.9. The van der Waals surface area contributed by atoms with Gasteiger partial charge in [-0.05, 0) is 43.5 Å². The van der Waals surface area contributed by atoms with Gasteiger partial charge in [0.2, 0.25) is 0 Å². The Labute approximate surface area is 125 Å². The average Bonchev–Trinajstić information content (AvgIpc) is 2.48. The Morgan fingerprint density at radius 1 is 1.14 bits per heavy atom. The van der Waals surface area contributed by atoms with Crippen molar-refractivity contribution in [2.75, 3.05) is 6.54 Å². The van der Waals surface area contributed by atoms with E-state index in [-0.39, 0.29) is 6.03 Å². The minimum absolute atomic E-state index is 0.162. The van der Waals surface area contributed by atoms with E-state index in [4.69, 9.17) is 0 Å². The van der Waals surface area contributed by atoms with Crippen molar-refractivity contribution in [2.24, 2.45) is 0 Å². The third-order valence-corrected chi connectivity index (χ3v) is 3.33. The molecular weight excluding hydrogens is 262 g/mol. The van der Waals surface area contributed by atoms with Gasteiger partial charge < -0.3 is 10.6 Å². The average molecular weight is 283 g/mol. The van der Waals surface area contributed by atoms with Crippen LogP contribution in [0, 0.1) is 13.8 Å². The molecule has 2 rings (SSSR count). The van der Waals surface area contributed by atoms with Crippen molar-refractivity contribution in [1.29, 1.82) is 0 Å².